The molecule has 1 aliphatic carbocycles. The van der Waals surface area contributed by atoms with Gasteiger partial charge in [-0.25, -0.2) is 0 Å². The van der Waals surface area contributed by atoms with Gasteiger partial charge < -0.3 is 4.74 Å². The summed E-state index contributed by atoms with van der Waals surface area (Å²) in [7, 11) is 0. The molecule has 1 saturated carbocycles. The van der Waals surface area contributed by atoms with Crippen LogP contribution >= 0.6 is 0 Å². The zero-order valence-electron chi connectivity index (χ0n) is 10.5. The molecule has 0 aromatic heterocycles. The van der Waals surface area contributed by atoms with Crippen molar-refractivity contribution >= 4 is 0 Å². The van der Waals surface area contributed by atoms with E-state index < -0.39 is 0 Å². The molecule has 0 aromatic carbocycles. The highest BCUT2D eigenvalue weighted by Gasteiger charge is 2.38. The van der Waals surface area contributed by atoms with Crippen molar-refractivity contribution in [2.24, 2.45) is 17.8 Å². The molecule has 0 spiro atoms. The summed E-state index contributed by atoms with van der Waals surface area (Å²) in [4.78, 5) is 0. The third-order valence-corrected chi connectivity index (χ3v) is 4.45. The second-order valence-electron chi connectivity index (χ2n) is 5.88. The van der Waals surface area contributed by atoms with Crippen LogP contribution in [0.15, 0.2) is 0 Å². The molecule has 1 nitrogen and oxygen atoms in total. The summed E-state index contributed by atoms with van der Waals surface area (Å²) in [5.74, 6) is 2.65. The van der Waals surface area contributed by atoms with Crippen LogP contribution in [0.1, 0.15) is 59.3 Å². The van der Waals surface area contributed by atoms with Crippen molar-refractivity contribution in [3.05, 3.63) is 0 Å². The monoisotopic (exact) mass is 210 g/mol. The molecule has 1 aliphatic heterocycles. The second-order valence-corrected chi connectivity index (χ2v) is 5.88. The van der Waals surface area contributed by atoms with E-state index in [9.17, 15) is 0 Å². The minimum Gasteiger partial charge on any atom is -0.375 e. The van der Waals surface area contributed by atoms with Gasteiger partial charge in [-0.2, -0.15) is 0 Å². The average Bonchev–Trinajstić information content (AvgIpc) is 2.17. The summed E-state index contributed by atoms with van der Waals surface area (Å²) >= 11 is 0. The fraction of sp³-hybridized carbons (Fsp3) is 1.00. The SMILES string of the molecule is CCCC1CC(C)C2CCC(C)CC2O1. The van der Waals surface area contributed by atoms with E-state index in [1.807, 2.05) is 0 Å². The maximum absolute atomic E-state index is 6.27. The molecule has 5 unspecified atom stereocenters. The first-order valence-corrected chi connectivity index (χ1v) is 6.86. The first-order valence-electron chi connectivity index (χ1n) is 6.86. The van der Waals surface area contributed by atoms with Crippen LogP contribution in [-0.2, 0) is 4.74 Å². The normalized spacial score (nSPS) is 46.2. The van der Waals surface area contributed by atoms with Gasteiger partial charge in [0, 0.05) is 0 Å². The van der Waals surface area contributed by atoms with Crippen molar-refractivity contribution in [3.8, 4) is 0 Å². The Hall–Kier alpha value is -0.0400. The van der Waals surface area contributed by atoms with E-state index >= 15 is 0 Å². The quantitative estimate of drug-likeness (QED) is 0.669. The standard InChI is InChI=1S/C14H26O/c1-4-5-12-9-11(3)13-7-6-10(2)8-14(13)15-12/h10-14H,4-9H2,1-3H3. The van der Waals surface area contributed by atoms with Gasteiger partial charge in [-0.3, -0.25) is 0 Å². The van der Waals surface area contributed by atoms with Crippen molar-refractivity contribution < 1.29 is 4.74 Å². The van der Waals surface area contributed by atoms with E-state index in [1.165, 1.54) is 38.5 Å². The predicted octanol–water partition coefficient (Wildman–Crippen LogP) is 4.02. The number of rotatable bonds is 2. The van der Waals surface area contributed by atoms with Gasteiger partial charge in [-0.15, -0.1) is 0 Å². The fourth-order valence-electron chi connectivity index (χ4n) is 3.56. The van der Waals surface area contributed by atoms with E-state index in [0.29, 0.717) is 12.2 Å². The molecule has 0 bridgehead atoms. The Morgan fingerprint density at radius 3 is 2.67 bits per heavy atom. The summed E-state index contributed by atoms with van der Waals surface area (Å²) in [5, 5.41) is 0. The largest absolute Gasteiger partial charge is 0.375 e. The lowest BCUT2D eigenvalue weighted by molar-refractivity contribution is -0.130. The van der Waals surface area contributed by atoms with Crippen LogP contribution < -0.4 is 0 Å². The Morgan fingerprint density at radius 2 is 1.93 bits per heavy atom. The molecular formula is C14H26O. The highest BCUT2D eigenvalue weighted by molar-refractivity contribution is 4.88. The van der Waals surface area contributed by atoms with Gasteiger partial charge in [-0.05, 0) is 43.4 Å². The third-order valence-electron chi connectivity index (χ3n) is 4.45. The molecule has 5 atom stereocenters. The Bertz CT molecular complexity index is 202. The van der Waals surface area contributed by atoms with Crippen molar-refractivity contribution in [2.45, 2.75) is 71.5 Å². The van der Waals surface area contributed by atoms with Gasteiger partial charge in [0.15, 0.2) is 0 Å². The number of fused-ring (bicyclic) bond motifs is 1. The molecular weight excluding hydrogens is 184 g/mol. The summed E-state index contributed by atoms with van der Waals surface area (Å²) in [6.45, 7) is 7.09. The van der Waals surface area contributed by atoms with E-state index in [4.69, 9.17) is 4.74 Å². The highest BCUT2D eigenvalue weighted by Crippen LogP contribution is 2.42. The molecule has 1 heterocycles. The predicted molar refractivity (Wildman–Crippen MR) is 63.9 cm³/mol. The molecule has 1 saturated heterocycles. The summed E-state index contributed by atoms with van der Waals surface area (Å²) < 4.78 is 6.27. The summed E-state index contributed by atoms with van der Waals surface area (Å²) in [5.41, 5.74) is 0. The first-order chi connectivity index (χ1) is 7.20. The van der Waals surface area contributed by atoms with Gasteiger partial charge in [0.05, 0.1) is 12.2 Å². The molecule has 0 N–H and O–H groups in total. The van der Waals surface area contributed by atoms with Gasteiger partial charge in [0.2, 0.25) is 0 Å². The lowest BCUT2D eigenvalue weighted by Crippen LogP contribution is -2.43. The Morgan fingerprint density at radius 1 is 1.13 bits per heavy atom. The molecule has 2 rings (SSSR count). The Labute approximate surface area is 94.6 Å². The molecule has 2 fully saturated rings. The average molecular weight is 210 g/mol. The van der Waals surface area contributed by atoms with Crippen LogP contribution in [0, 0.1) is 17.8 Å². The van der Waals surface area contributed by atoms with Crippen LogP contribution in [0.2, 0.25) is 0 Å². The molecule has 0 radical (unpaired) electrons. The Kier molecular flexibility index (Phi) is 3.71. The summed E-state index contributed by atoms with van der Waals surface area (Å²) in [6, 6.07) is 0. The van der Waals surface area contributed by atoms with Crippen LogP contribution in [0.4, 0.5) is 0 Å². The van der Waals surface area contributed by atoms with Crippen LogP contribution in [-0.4, -0.2) is 12.2 Å². The van der Waals surface area contributed by atoms with Crippen LogP contribution in [0.5, 0.6) is 0 Å². The number of hydrogen-bond donors (Lipinski definition) is 0. The van der Waals surface area contributed by atoms with E-state index in [2.05, 4.69) is 20.8 Å². The number of hydrogen-bond acceptors (Lipinski definition) is 1. The van der Waals surface area contributed by atoms with Crippen molar-refractivity contribution in [2.75, 3.05) is 0 Å². The zero-order valence-corrected chi connectivity index (χ0v) is 10.5. The third kappa shape index (κ3) is 2.55. The molecule has 0 aromatic rings. The topological polar surface area (TPSA) is 9.23 Å². The maximum atomic E-state index is 6.27. The maximum Gasteiger partial charge on any atom is 0.0612 e. The minimum atomic E-state index is 0.566. The van der Waals surface area contributed by atoms with Crippen LogP contribution in [0.3, 0.4) is 0 Å². The lowest BCUT2D eigenvalue weighted by Gasteiger charge is -2.45. The smallest absolute Gasteiger partial charge is 0.0612 e. The van der Waals surface area contributed by atoms with Crippen LogP contribution in [0.25, 0.3) is 0 Å². The zero-order chi connectivity index (χ0) is 10.8. The fourth-order valence-corrected chi connectivity index (χ4v) is 3.56. The van der Waals surface area contributed by atoms with Crippen molar-refractivity contribution in [3.63, 3.8) is 0 Å². The highest BCUT2D eigenvalue weighted by atomic mass is 16.5. The minimum absolute atomic E-state index is 0.566. The molecule has 1 heteroatoms. The van der Waals surface area contributed by atoms with E-state index in [1.54, 1.807) is 0 Å². The second kappa shape index (κ2) is 4.86. The van der Waals surface area contributed by atoms with Gasteiger partial charge >= 0.3 is 0 Å². The van der Waals surface area contributed by atoms with Crippen molar-refractivity contribution in [1.82, 2.24) is 0 Å². The van der Waals surface area contributed by atoms with Gasteiger partial charge in [0.1, 0.15) is 0 Å². The molecule has 15 heavy (non-hydrogen) atoms. The van der Waals surface area contributed by atoms with Crippen molar-refractivity contribution in [1.29, 1.82) is 0 Å². The summed E-state index contributed by atoms with van der Waals surface area (Å²) in [6.07, 6.45) is 9.15. The van der Waals surface area contributed by atoms with E-state index in [-0.39, 0.29) is 0 Å². The Balaban J connectivity index is 1.96. The first kappa shape index (κ1) is 11.4. The number of ether oxygens (including phenoxy) is 1. The van der Waals surface area contributed by atoms with E-state index in [0.717, 1.165) is 17.8 Å². The van der Waals surface area contributed by atoms with Gasteiger partial charge in [-0.1, -0.05) is 33.6 Å². The van der Waals surface area contributed by atoms with Gasteiger partial charge in [0.25, 0.3) is 0 Å². The molecule has 88 valence electrons. The molecule has 0 amide bonds. The molecule has 2 aliphatic rings. The lowest BCUT2D eigenvalue weighted by atomic mass is 9.71.